The number of fused-ring (bicyclic) bond motifs is 1. The number of rotatable bonds is 13. The maximum absolute atomic E-state index is 12.2. The van der Waals surface area contributed by atoms with Crippen molar-refractivity contribution < 1.29 is 19.0 Å². The van der Waals surface area contributed by atoms with Crippen molar-refractivity contribution in [3.05, 3.63) is 53.2 Å². The fraction of sp³-hybridized carbons (Fsp3) is 0.586. The minimum Gasteiger partial charge on any atom is -0.493 e. The van der Waals surface area contributed by atoms with Gasteiger partial charge in [-0.05, 0) is 73.9 Å². The number of hydrogen-bond acceptors (Lipinski definition) is 7. The van der Waals surface area contributed by atoms with Crippen LogP contribution in [0.1, 0.15) is 54.8 Å². The number of methoxy groups -OCH3 is 2. The molecule has 36 heavy (non-hydrogen) atoms. The van der Waals surface area contributed by atoms with Gasteiger partial charge in [-0.3, -0.25) is 4.79 Å². The van der Waals surface area contributed by atoms with Gasteiger partial charge in [0.05, 0.1) is 20.1 Å². The summed E-state index contributed by atoms with van der Waals surface area (Å²) in [5.41, 5.74) is 3.66. The van der Waals surface area contributed by atoms with Crippen LogP contribution in [0.2, 0.25) is 0 Å². The molecule has 4 rings (SSSR count). The molecule has 1 aromatic heterocycles. The summed E-state index contributed by atoms with van der Waals surface area (Å²) in [6.07, 6.45) is 6.89. The molecule has 1 aromatic carbocycles. The van der Waals surface area contributed by atoms with Gasteiger partial charge in [-0.1, -0.05) is 18.2 Å². The smallest absolute Gasteiger partial charge is 0.306 e. The highest BCUT2D eigenvalue weighted by Gasteiger charge is 2.27. The van der Waals surface area contributed by atoms with Gasteiger partial charge >= 0.3 is 5.97 Å². The van der Waals surface area contributed by atoms with Gasteiger partial charge in [0.1, 0.15) is 11.6 Å². The van der Waals surface area contributed by atoms with Gasteiger partial charge in [-0.2, -0.15) is 0 Å². The number of nitrogens with one attached hydrogen (secondary N) is 1. The molecule has 2 aliphatic heterocycles. The molecule has 0 spiro atoms. The second kappa shape index (κ2) is 13.6. The third kappa shape index (κ3) is 7.68. The van der Waals surface area contributed by atoms with Crippen molar-refractivity contribution in [1.82, 2.24) is 9.88 Å². The highest BCUT2D eigenvalue weighted by atomic mass is 16.5. The average Bonchev–Trinajstić information content (AvgIpc) is 3.37. The number of aromatic nitrogens is 1. The average molecular weight is 496 g/mol. The van der Waals surface area contributed by atoms with Crippen molar-refractivity contribution in [2.75, 3.05) is 58.9 Å². The summed E-state index contributed by atoms with van der Waals surface area (Å²) in [4.78, 5) is 19.6. The van der Waals surface area contributed by atoms with Gasteiger partial charge in [0.15, 0.2) is 0 Å². The zero-order chi connectivity index (χ0) is 25.2. The van der Waals surface area contributed by atoms with E-state index in [9.17, 15) is 4.79 Å². The van der Waals surface area contributed by atoms with Crippen molar-refractivity contribution in [2.24, 2.45) is 5.92 Å². The van der Waals surface area contributed by atoms with Crippen LogP contribution in [-0.2, 0) is 27.1 Å². The van der Waals surface area contributed by atoms with Crippen LogP contribution in [-0.4, -0.2) is 69.5 Å². The van der Waals surface area contributed by atoms with Crippen LogP contribution < -0.4 is 10.1 Å². The summed E-state index contributed by atoms with van der Waals surface area (Å²) in [5.74, 6) is 2.48. The second-order valence-corrected chi connectivity index (χ2v) is 10.0. The lowest BCUT2D eigenvalue weighted by atomic mass is 9.94. The fourth-order valence-corrected chi connectivity index (χ4v) is 5.31. The third-order valence-corrected chi connectivity index (χ3v) is 7.34. The number of aryl methyl sites for hydroxylation is 2. The number of nitrogens with zero attached hydrogens (tertiary/aromatic N) is 2. The first-order valence-electron chi connectivity index (χ1n) is 13.4. The third-order valence-electron chi connectivity index (χ3n) is 7.34. The quantitative estimate of drug-likeness (QED) is 0.325. The van der Waals surface area contributed by atoms with E-state index in [0.29, 0.717) is 25.6 Å². The van der Waals surface area contributed by atoms with Gasteiger partial charge in [0, 0.05) is 51.4 Å². The van der Waals surface area contributed by atoms with E-state index in [2.05, 4.69) is 34.5 Å². The number of carbonyl (C=O) groups excluding carboxylic acids is 1. The zero-order valence-corrected chi connectivity index (χ0v) is 21.8. The molecule has 1 fully saturated rings. The number of ether oxygens (including phenoxy) is 3. The summed E-state index contributed by atoms with van der Waals surface area (Å²) >= 11 is 0. The Morgan fingerprint density at radius 1 is 1.22 bits per heavy atom. The molecule has 0 saturated carbocycles. The first-order valence-corrected chi connectivity index (χ1v) is 13.4. The summed E-state index contributed by atoms with van der Waals surface area (Å²) in [6, 6.07) is 12.6. The second-order valence-electron chi connectivity index (χ2n) is 10.0. The molecule has 1 saturated heterocycles. The predicted octanol–water partition coefficient (Wildman–Crippen LogP) is 4.46. The number of likely N-dealkylation sites (tertiary alicyclic amines) is 1. The Kier molecular flexibility index (Phi) is 9.99. The zero-order valence-electron chi connectivity index (χ0n) is 21.8. The van der Waals surface area contributed by atoms with Crippen molar-refractivity contribution in [1.29, 1.82) is 0 Å². The molecule has 2 aliphatic rings. The molecule has 7 heteroatoms. The summed E-state index contributed by atoms with van der Waals surface area (Å²) < 4.78 is 16.0. The molecular formula is C29H41N3O4. The van der Waals surface area contributed by atoms with Crippen molar-refractivity contribution in [2.45, 2.75) is 50.9 Å². The molecule has 3 heterocycles. The predicted molar refractivity (Wildman–Crippen MR) is 142 cm³/mol. The maximum Gasteiger partial charge on any atom is 0.306 e. The van der Waals surface area contributed by atoms with E-state index in [4.69, 9.17) is 19.2 Å². The lowest BCUT2D eigenvalue weighted by molar-refractivity contribution is -0.141. The molecule has 2 atom stereocenters. The topological polar surface area (TPSA) is 72.9 Å². The minimum absolute atomic E-state index is 0.0760. The SMILES string of the molecule is COCCCOc1cccc(C(CC(=O)OC)CN2CCC(CCc3ccc4c(n3)NCCC4)C2)c1. The lowest BCUT2D eigenvalue weighted by Crippen LogP contribution is -2.28. The van der Waals surface area contributed by atoms with Gasteiger partial charge in [0.2, 0.25) is 0 Å². The van der Waals surface area contributed by atoms with Crippen LogP contribution in [0.15, 0.2) is 36.4 Å². The van der Waals surface area contributed by atoms with Crippen LogP contribution in [0.3, 0.4) is 0 Å². The van der Waals surface area contributed by atoms with E-state index in [1.165, 1.54) is 31.2 Å². The summed E-state index contributed by atoms with van der Waals surface area (Å²) in [7, 11) is 3.16. The Morgan fingerprint density at radius 2 is 2.14 bits per heavy atom. The summed E-state index contributed by atoms with van der Waals surface area (Å²) in [5, 5.41) is 3.44. The van der Waals surface area contributed by atoms with Crippen LogP contribution >= 0.6 is 0 Å². The Morgan fingerprint density at radius 3 is 3.00 bits per heavy atom. The Balaban J connectivity index is 1.31. The molecule has 7 nitrogen and oxygen atoms in total. The number of carbonyl (C=O) groups is 1. The molecule has 2 unspecified atom stereocenters. The number of benzene rings is 1. The Bertz CT molecular complexity index is 983. The first-order chi connectivity index (χ1) is 17.6. The van der Waals surface area contributed by atoms with Gasteiger partial charge in [-0.15, -0.1) is 0 Å². The van der Waals surface area contributed by atoms with E-state index in [1.54, 1.807) is 7.11 Å². The number of hydrogen-bond donors (Lipinski definition) is 1. The van der Waals surface area contributed by atoms with Crippen molar-refractivity contribution in [3.63, 3.8) is 0 Å². The van der Waals surface area contributed by atoms with Crippen molar-refractivity contribution >= 4 is 11.8 Å². The molecule has 196 valence electrons. The minimum atomic E-state index is -0.172. The van der Waals surface area contributed by atoms with Gasteiger partial charge < -0.3 is 24.4 Å². The molecule has 2 aromatic rings. The molecule has 0 bridgehead atoms. The first kappa shape index (κ1) is 26.4. The van der Waals surface area contributed by atoms with E-state index in [1.807, 2.05) is 12.1 Å². The van der Waals surface area contributed by atoms with Crippen LogP contribution in [0.25, 0.3) is 0 Å². The van der Waals surface area contributed by atoms with Crippen LogP contribution in [0, 0.1) is 5.92 Å². The number of pyridine rings is 1. The highest BCUT2D eigenvalue weighted by Crippen LogP contribution is 2.29. The van der Waals surface area contributed by atoms with Crippen molar-refractivity contribution in [3.8, 4) is 5.75 Å². The van der Waals surface area contributed by atoms with Gasteiger partial charge in [0.25, 0.3) is 0 Å². The summed E-state index contributed by atoms with van der Waals surface area (Å²) in [6.45, 7) is 5.29. The van der Waals surface area contributed by atoms with Crippen LogP contribution in [0.4, 0.5) is 5.82 Å². The number of esters is 1. The fourth-order valence-electron chi connectivity index (χ4n) is 5.31. The monoisotopic (exact) mass is 495 g/mol. The normalized spacial score (nSPS) is 18.3. The molecular weight excluding hydrogens is 454 g/mol. The largest absolute Gasteiger partial charge is 0.493 e. The van der Waals surface area contributed by atoms with Gasteiger partial charge in [-0.25, -0.2) is 4.98 Å². The molecule has 0 amide bonds. The number of anilines is 1. The maximum atomic E-state index is 12.2. The van der Waals surface area contributed by atoms with Crippen LogP contribution in [0.5, 0.6) is 5.75 Å². The highest BCUT2D eigenvalue weighted by molar-refractivity contribution is 5.70. The van der Waals surface area contributed by atoms with E-state index < -0.39 is 0 Å². The lowest BCUT2D eigenvalue weighted by Gasteiger charge is -2.24. The van der Waals surface area contributed by atoms with E-state index in [0.717, 1.165) is 69.0 Å². The Hall–Kier alpha value is -2.64. The molecule has 0 radical (unpaired) electrons. The van der Waals surface area contributed by atoms with E-state index >= 15 is 0 Å². The van der Waals surface area contributed by atoms with E-state index in [-0.39, 0.29) is 11.9 Å². The molecule has 0 aliphatic carbocycles. The molecule has 1 N–H and O–H groups in total. The Labute approximate surface area is 215 Å². The standard InChI is InChI=1S/C29H41N3O4/c1-34-16-5-17-36-27-8-3-6-24(18-27)25(19-28(33)35-2)21-32-15-13-22(20-32)9-11-26-12-10-23-7-4-14-30-29(23)31-26/h3,6,8,10,12,18,22,25H,4-5,7,9,11,13-17,19-21H2,1-2H3,(H,30,31).